The van der Waals surface area contributed by atoms with Gasteiger partial charge in [-0.25, -0.2) is 9.59 Å². The zero-order chi connectivity index (χ0) is 23.9. The Morgan fingerprint density at radius 1 is 0.968 bits per heavy atom. The van der Waals surface area contributed by atoms with Crippen molar-refractivity contribution < 1.29 is 55.8 Å². The number of carbonyl (C=O) groups is 3. The van der Waals surface area contributed by atoms with E-state index in [0.29, 0.717) is 12.1 Å². The summed E-state index contributed by atoms with van der Waals surface area (Å²) in [6, 6.07) is 0. The second kappa shape index (κ2) is 10.6. The van der Waals surface area contributed by atoms with Crippen molar-refractivity contribution in [2.45, 2.75) is 50.1 Å². The Morgan fingerprint density at radius 3 is 1.84 bits per heavy atom. The zero-order valence-corrected chi connectivity index (χ0v) is 16.1. The van der Waals surface area contributed by atoms with Crippen LogP contribution in [0.3, 0.4) is 0 Å². The summed E-state index contributed by atoms with van der Waals surface area (Å²) in [5.74, 6) is -5.43. The molecule has 0 bridgehead atoms. The van der Waals surface area contributed by atoms with Crippen LogP contribution in [0.5, 0.6) is 0 Å². The molecule has 3 aliphatic heterocycles. The van der Waals surface area contributed by atoms with Gasteiger partial charge in [-0.2, -0.15) is 26.3 Å². The first-order valence-electron chi connectivity index (χ1n) is 9.03. The number of halogens is 6. The lowest BCUT2D eigenvalue weighted by atomic mass is 9.89. The molecular weight excluding hydrogens is 444 g/mol. The van der Waals surface area contributed by atoms with E-state index in [1.807, 2.05) is 4.90 Å². The van der Waals surface area contributed by atoms with Crippen LogP contribution in [-0.4, -0.2) is 82.8 Å². The van der Waals surface area contributed by atoms with Crippen LogP contribution in [0.25, 0.3) is 0 Å². The standard InChI is InChI=1S/C12H19N3O2.2C2HF3O2/c16-11(15-6-1-2-7-15)10-8-12(17-14-10)4-3-5-13-9-12;2*3-2(4,5)1(6)7/h13H,1-9H2;2*(H,6,7). The number of alkyl halides is 6. The quantitative estimate of drug-likeness (QED) is 0.504. The number of nitrogens with zero attached hydrogens (tertiary/aromatic N) is 2. The molecule has 2 saturated heterocycles. The predicted molar refractivity (Wildman–Crippen MR) is 91.2 cm³/mol. The smallest absolute Gasteiger partial charge is 0.475 e. The summed E-state index contributed by atoms with van der Waals surface area (Å²) in [4.78, 5) is 37.4. The molecular formula is C16H21F6N3O6. The molecule has 0 radical (unpaired) electrons. The number of hydrogen-bond acceptors (Lipinski definition) is 6. The van der Waals surface area contributed by atoms with Gasteiger partial charge in [-0.3, -0.25) is 4.79 Å². The van der Waals surface area contributed by atoms with Gasteiger partial charge >= 0.3 is 24.3 Å². The van der Waals surface area contributed by atoms with E-state index in [-0.39, 0.29) is 11.5 Å². The minimum Gasteiger partial charge on any atom is -0.475 e. The number of piperidine rings is 1. The van der Waals surface area contributed by atoms with Gasteiger partial charge < -0.3 is 25.3 Å². The van der Waals surface area contributed by atoms with Gasteiger partial charge in [0.25, 0.3) is 5.91 Å². The summed E-state index contributed by atoms with van der Waals surface area (Å²) in [6.07, 6.45) is -5.16. The number of oxime groups is 1. The predicted octanol–water partition coefficient (Wildman–Crippen LogP) is 1.77. The number of carbonyl (C=O) groups excluding carboxylic acids is 1. The molecule has 0 aromatic heterocycles. The monoisotopic (exact) mass is 465 g/mol. The Labute approximate surface area is 172 Å². The van der Waals surface area contributed by atoms with Gasteiger partial charge in [0, 0.05) is 26.1 Å². The highest BCUT2D eigenvalue weighted by atomic mass is 19.4. The summed E-state index contributed by atoms with van der Waals surface area (Å²) < 4.78 is 63.5. The molecule has 1 unspecified atom stereocenters. The molecule has 0 aliphatic carbocycles. The minimum absolute atomic E-state index is 0.0879. The summed E-state index contributed by atoms with van der Waals surface area (Å²) >= 11 is 0. The SMILES string of the molecule is O=C(C1=NOC2(CCCNC2)C1)N1CCCC1.O=C(O)C(F)(F)F.O=C(O)C(F)(F)F. The highest BCUT2D eigenvalue weighted by molar-refractivity contribution is 6.39. The van der Waals surface area contributed by atoms with E-state index in [0.717, 1.165) is 51.9 Å². The second-order valence-corrected chi connectivity index (χ2v) is 6.87. The molecule has 0 aromatic rings. The van der Waals surface area contributed by atoms with Crippen LogP contribution in [0.15, 0.2) is 5.16 Å². The van der Waals surface area contributed by atoms with Crippen LogP contribution in [0.1, 0.15) is 32.1 Å². The minimum atomic E-state index is -5.08. The van der Waals surface area contributed by atoms with Gasteiger partial charge in [-0.05, 0) is 32.2 Å². The topological polar surface area (TPSA) is 129 Å². The van der Waals surface area contributed by atoms with Gasteiger partial charge in [0.1, 0.15) is 5.71 Å². The first kappa shape index (κ1) is 26.5. The Morgan fingerprint density at radius 2 is 1.45 bits per heavy atom. The van der Waals surface area contributed by atoms with Crippen LogP contribution in [0, 0.1) is 0 Å². The van der Waals surface area contributed by atoms with Crippen molar-refractivity contribution in [2.24, 2.45) is 5.16 Å². The van der Waals surface area contributed by atoms with Gasteiger partial charge in [0.05, 0.1) is 0 Å². The molecule has 0 aromatic carbocycles. The zero-order valence-electron chi connectivity index (χ0n) is 16.1. The molecule has 31 heavy (non-hydrogen) atoms. The van der Waals surface area contributed by atoms with Gasteiger partial charge in [0.2, 0.25) is 0 Å². The lowest BCUT2D eigenvalue weighted by Gasteiger charge is -2.31. The third-order valence-electron chi connectivity index (χ3n) is 4.40. The molecule has 1 atom stereocenters. The Bertz CT molecular complexity index is 658. The van der Waals surface area contributed by atoms with E-state index >= 15 is 0 Å². The van der Waals surface area contributed by atoms with Crippen molar-refractivity contribution in [2.75, 3.05) is 26.2 Å². The first-order valence-corrected chi connectivity index (χ1v) is 9.03. The van der Waals surface area contributed by atoms with Gasteiger partial charge in [0.15, 0.2) is 5.60 Å². The number of rotatable bonds is 1. The number of hydrogen-bond donors (Lipinski definition) is 3. The molecule has 3 rings (SSSR count). The molecule has 9 nitrogen and oxygen atoms in total. The summed E-state index contributed by atoms with van der Waals surface area (Å²) in [5.41, 5.74) is 0.388. The maximum absolute atomic E-state index is 12.2. The van der Waals surface area contributed by atoms with Crippen LogP contribution in [0.2, 0.25) is 0 Å². The van der Waals surface area contributed by atoms with E-state index in [1.165, 1.54) is 0 Å². The third kappa shape index (κ3) is 8.59. The first-order chi connectivity index (χ1) is 14.2. The number of carboxylic acid groups (broad SMARTS) is 2. The average molecular weight is 465 g/mol. The Kier molecular flexibility index (Phi) is 9.08. The molecule has 3 N–H and O–H groups in total. The molecule has 1 spiro atoms. The van der Waals surface area contributed by atoms with Crippen molar-refractivity contribution >= 4 is 23.6 Å². The van der Waals surface area contributed by atoms with Crippen LogP contribution in [-0.2, 0) is 19.2 Å². The van der Waals surface area contributed by atoms with E-state index in [9.17, 15) is 31.1 Å². The average Bonchev–Trinajstić information content (AvgIpc) is 3.32. The fourth-order valence-corrected chi connectivity index (χ4v) is 2.91. The van der Waals surface area contributed by atoms with Crippen molar-refractivity contribution in [3.63, 3.8) is 0 Å². The van der Waals surface area contributed by atoms with Crippen LogP contribution < -0.4 is 5.32 Å². The molecule has 178 valence electrons. The number of aliphatic carboxylic acids is 2. The van der Waals surface area contributed by atoms with Crippen LogP contribution >= 0.6 is 0 Å². The molecule has 3 aliphatic rings. The number of amides is 1. The molecule has 0 saturated carbocycles. The Balaban J connectivity index is 0.000000288. The van der Waals surface area contributed by atoms with E-state index < -0.39 is 24.3 Å². The van der Waals surface area contributed by atoms with Crippen molar-refractivity contribution in [1.82, 2.24) is 10.2 Å². The van der Waals surface area contributed by atoms with E-state index in [4.69, 9.17) is 24.6 Å². The maximum Gasteiger partial charge on any atom is 0.490 e. The third-order valence-corrected chi connectivity index (χ3v) is 4.40. The Hall–Kier alpha value is -2.58. The van der Waals surface area contributed by atoms with Crippen molar-refractivity contribution in [3.8, 4) is 0 Å². The number of nitrogens with one attached hydrogen (secondary N) is 1. The fraction of sp³-hybridized carbons (Fsp3) is 0.750. The normalized spacial score (nSPS) is 23.0. The van der Waals surface area contributed by atoms with Crippen LogP contribution in [0.4, 0.5) is 26.3 Å². The molecule has 2 fully saturated rings. The number of likely N-dealkylation sites (tertiary alicyclic amines) is 1. The van der Waals surface area contributed by atoms with Crippen molar-refractivity contribution in [1.29, 1.82) is 0 Å². The maximum atomic E-state index is 12.2. The van der Waals surface area contributed by atoms with Gasteiger partial charge in [-0.1, -0.05) is 5.16 Å². The molecule has 3 heterocycles. The summed E-state index contributed by atoms with van der Waals surface area (Å²) in [6.45, 7) is 3.61. The molecule has 15 heteroatoms. The lowest BCUT2D eigenvalue weighted by Crippen LogP contribution is -2.46. The highest BCUT2D eigenvalue weighted by Crippen LogP contribution is 2.31. The molecule has 1 amide bonds. The van der Waals surface area contributed by atoms with Gasteiger partial charge in [-0.15, -0.1) is 0 Å². The summed E-state index contributed by atoms with van der Waals surface area (Å²) in [5, 5.41) is 21.6. The second-order valence-electron chi connectivity index (χ2n) is 6.87. The van der Waals surface area contributed by atoms with E-state index in [1.54, 1.807) is 0 Å². The van der Waals surface area contributed by atoms with Crippen molar-refractivity contribution in [3.05, 3.63) is 0 Å². The number of carboxylic acids is 2. The lowest BCUT2D eigenvalue weighted by molar-refractivity contribution is -0.193. The fourth-order valence-electron chi connectivity index (χ4n) is 2.91. The highest BCUT2D eigenvalue weighted by Gasteiger charge is 2.43. The largest absolute Gasteiger partial charge is 0.490 e. The summed E-state index contributed by atoms with van der Waals surface area (Å²) in [7, 11) is 0. The van der Waals surface area contributed by atoms with E-state index in [2.05, 4.69) is 10.5 Å².